The SMILES string of the molecule is NC(=O)CC[C@@H]1NC(=O)C2(Cc3ccccc3C2)NC(=O)[C@H](Cc2ccc(O)cc2)NC(=O)[C@H](N)CSSC[C@H](C(=O)N2CCC[C@H]2C(=O)N[C@@H](CCCN=C(N)N)C(=O)NCC(N)=O)NC(=O)[C@H](CC(N)=O)NC1=O. The Morgan fingerprint density at radius 3 is 2.05 bits per heavy atom. The van der Waals surface area contributed by atoms with E-state index in [-0.39, 0.29) is 74.8 Å². The fourth-order valence-electron chi connectivity index (χ4n) is 8.74. The number of primary amides is 3. The van der Waals surface area contributed by atoms with E-state index in [0.29, 0.717) is 23.1 Å². The average Bonchev–Trinajstić information content (AvgIpc) is 4.02. The third-order valence-corrected chi connectivity index (χ3v) is 15.1. The topological polar surface area (TPSA) is 464 Å². The summed E-state index contributed by atoms with van der Waals surface area (Å²) >= 11 is 0. The highest BCUT2D eigenvalue weighted by Crippen LogP contribution is 2.32. The summed E-state index contributed by atoms with van der Waals surface area (Å²) < 4.78 is 0. The highest BCUT2D eigenvalue weighted by atomic mass is 33.1. The van der Waals surface area contributed by atoms with Crippen molar-refractivity contribution in [1.29, 1.82) is 0 Å². The first kappa shape index (κ1) is 59.2. The third kappa shape index (κ3) is 17.2. The van der Waals surface area contributed by atoms with Gasteiger partial charge in [0.05, 0.1) is 19.0 Å². The molecule has 412 valence electrons. The minimum atomic E-state index is -1.81. The number of guanidine groups is 1. The van der Waals surface area contributed by atoms with E-state index in [1.807, 2.05) is 0 Å². The summed E-state index contributed by atoms with van der Waals surface area (Å²) in [6, 6.07) is 2.80. The predicted octanol–water partition coefficient (Wildman–Crippen LogP) is -5.48. The number of benzene rings is 2. The van der Waals surface area contributed by atoms with E-state index in [2.05, 4.69) is 42.2 Å². The molecule has 0 aromatic heterocycles. The minimum Gasteiger partial charge on any atom is -0.508 e. The van der Waals surface area contributed by atoms with Crippen LogP contribution in [0.2, 0.25) is 0 Å². The number of nitrogens with zero attached hydrogens (tertiary/aromatic N) is 2. The molecular weight excluding hydrogens is 1030 g/mol. The Hall–Kier alpha value is -7.66. The summed E-state index contributed by atoms with van der Waals surface area (Å²) in [5.74, 6) is -10.4. The molecular formula is C47H65N15O12S2. The number of fused-ring (bicyclic) bond motifs is 1. The van der Waals surface area contributed by atoms with E-state index in [1.165, 1.54) is 29.2 Å². The van der Waals surface area contributed by atoms with Crippen LogP contribution in [0.5, 0.6) is 5.75 Å². The Labute approximate surface area is 444 Å². The maximum absolute atomic E-state index is 14.8. The summed E-state index contributed by atoms with van der Waals surface area (Å²) in [5, 5.41) is 28.1. The number of hydrogen-bond donors (Lipinski definition) is 14. The fraction of sp³-hybridized carbons (Fsp3) is 0.489. The molecule has 0 bridgehead atoms. The van der Waals surface area contributed by atoms with Crippen molar-refractivity contribution in [2.75, 3.05) is 31.1 Å². The number of carbonyl (C=O) groups is 11. The van der Waals surface area contributed by atoms with Crippen molar-refractivity contribution in [3.05, 3.63) is 65.2 Å². The van der Waals surface area contributed by atoms with E-state index in [4.69, 9.17) is 34.4 Å². The van der Waals surface area contributed by atoms with Crippen molar-refractivity contribution in [2.24, 2.45) is 39.4 Å². The number of aliphatic imine (C=N–C) groups is 1. The number of aromatic hydroxyl groups is 1. The van der Waals surface area contributed by atoms with Gasteiger partial charge in [0.1, 0.15) is 47.5 Å². The molecule has 2 aromatic rings. The van der Waals surface area contributed by atoms with Crippen LogP contribution in [0.25, 0.3) is 0 Å². The van der Waals surface area contributed by atoms with Gasteiger partial charge in [-0.2, -0.15) is 0 Å². The molecule has 1 aliphatic carbocycles. The molecule has 0 radical (unpaired) electrons. The first-order valence-electron chi connectivity index (χ1n) is 24.2. The smallest absolute Gasteiger partial charge is 0.247 e. The van der Waals surface area contributed by atoms with E-state index < -0.39 is 139 Å². The summed E-state index contributed by atoms with van der Waals surface area (Å²) in [4.78, 5) is 155. The summed E-state index contributed by atoms with van der Waals surface area (Å²) in [7, 11) is 2.01. The number of amides is 11. The monoisotopic (exact) mass is 1100 g/mol. The standard InChI is InChI=1S/C47H65N15O12S2/c48-28-22-75-76-23-33(44(73)62-16-4-8-34(62)43(72)56-29(7-3-15-54-46(52)53)39(68)55-21-37(51)66)59-41(70)32(18-36(50)65)58-40(69)30(13-14-35(49)64)60-45(74)47(19-25-5-1-2-6-26(25)20-47)61-42(71)31(57-38(28)67)17-24-9-11-27(63)12-10-24/h1-2,5-6,9-12,28-34,63H,3-4,7-8,13-23,48H2,(H2,49,64)(H2,50,65)(H2,51,66)(H,55,68)(H,56,72)(H,57,67)(H,58,69)(H,59,70)(H,60,74)(H,61,71)(H4,52,53,54)/t28-,29+,30+,31+,32+,33-,34+/m1/s1. The number of nitrogens with two attached hydrogens (primary N) is 6. The van der Waals surface area contributed by atoms with Gasteiger partial charge >= 0.3 is 0 Å². The molecule has 3 aliphatic rings. The fourth-order valence-corrected chi connectivity index (χ4v) is 11.0. The van der Waals surface area contributed by atoms with Gasteiger partial charge in [-0.3, -0.25) is 57.7 Å². The number of rotatable bonds is 17. The molecule has 2 aliphatic heterocycles. The van der Waals surface area contributed by atoms with Crippen molar-refractivity contribution in [1.82, 2.24) is 42.1 Å². The second-order valence-corrected chi connectivity index (χ2v) is 21.1. The van der Waals surface area contributed by atoms with Gasteiger partial charge in [-0.15, -0.1) is 0 Å². The quantitative estimate of drug-likeness (QED) is 0.0304. The van der Waals surface area contributed by atoms with E-state index in [0.717, 1.165) is 21.6 Å². The molecule has 20 N–H and O–H groups in total. The Balaban J connectivity index is 1.49. The first-order valence-corrected chi connectivity index (χ1v) is 26.7. The average molecular weight is 1100 g/mol. The minimum absolute atomic E-state index is 0.00192. The molecule has 5 rings (SSSR count). The van der Waals surface area contributed by atoms with Gasteiger partial charge in [0.15, 0.2) is 5.96 Å². The summed E-state index contributed by atoms with van der Waals surface area (Å²) in [6.45, 7) is -0.440. The number of carbonyl (C=O) groups excluding carboxylic acids is 11. The van der Waals surface area contributed by atoms with Crippen molar-refractivity contribution in [3.63, 3.8) is 0 Å². The van der Waals surface area contributed by atoms with Crippen LogP contribution < -0.4 is 71.6 Å². The van der Waals surface area contributed by atoms with Crippen molar-refractivity contribution in [2.45, 2.75) is 112 Å². The zero-order valence-electron chi connectivity index (χ0n) is 41.4. The van der Waals surface area contributed by atoms with Gasteiger partial charge in [0.25, 0.3) is 0 Å². The zero-order valence-corrected chi connectivity index (χ0v) is 43.0. The lowest BCUT2D eigenvalue weighted by Gasteiger charge is -2.33. The largest absolute Gasteiger partial charge is 0.508 e. The molecule has 1 spiro atoms. The number of phenols is 1. The molecule has 2 fully saturated rings. The van der Waals surface area contributed by atoms with Gasteiger partial charge in [-0.1, -0.05) is 58.0 Å². The maximum Gasteiger partial charge on any atom is 0.247 e. The molecule has 27 nitrogen and oxygen atoms in total. The number of likely N-dealkylation sites (tertiary alicyclic amines) is 1. The molecule has 7 atom stereocenters. The Morgan fingerprint density at radius 2 is 1.42 bits per heavy atom. The number of hydrogen-bond acceptors (Lipinski definition) is 16. The van der Waals surface area contributed by atoms with Crippen molar-refractivity contribution >= 4 is 92.5 Å². The molecule has 2 heterocycles. The van der Waals surface area contributed by atoms with Crippen LogP contribution in [0, 0.1) is 0 Å². The first-order chi connectivity index (χ1) is 36.0. The highest BCUT2D eigenvalue weighted by Gasteiger charge is 2.48. The van der Waals surface area contributed by atoms with Crippen LogP contribution in [-0.4, -0.2) is 160 Å². The Morgan fingerprint density at radius 1 is 0.776 bits per heavy atom. The summed E-state index contributed by atoms with van der Waals surface area (Å²) in [5.41, 5.74) is 33.5. The molecule has 0 saturated carbocycles. The van der Waals surface area contributed by atoms with Crippen molar-refractivity contribution in [3.8, 4) is 5.75 Å². The van der Waals surface area contributed by atoms with Crippen molar-refractivity contribution < 1.29 is 57.8 Å². The molecule has 76 heavy (non-hydrogen) atoms. The molecule has 11 amide bonds. The molecule has 29 heteroatoms. The Bertz CT molecular complexity index is 2530. The predicted molar refractivity (Wildman–Crippen MR) is 278 cm³/mol. The van der Waals surface area contributed by atoms with Gasteiger partial charge in [0, 0.05) is 50.3 Å². The summed E-state index contributed by atoms with van der Waals surface area (Å²) in [6.07, 6.45) is -1.39. The third-order valence-electron chi connectivity index (χ3n) is 12.6. The van der Waals surface area contributed by atoms with Crippen LogP contribution in [0.15, 0.2) is 53.5 Å². The molecule has 2 saturated heterocycles. The zero-order chi connectivity index (χ0) is 55.7. The van der Waals surface area contributed by atoms with Gasteiger partial charge < -0.3 is 81.6 Å². The molecule has 0 unspecified atom stereocenters. The van der Waals surface area contributed by atoms with E-state index >= 15 is 0 Å². The lowest BCUT2D eigenvalue weighted by atomic mass is 9.92. The van der Waals surface area contributed by atoms with Crippen LogP contribution in [0.1, 0.15) is 61.6 Å². The van der Waals surface area contributed by atoms with E-state index in [1.54, 1.807) is 24.3 Å². The van der Waals surface area contributed by atoms with Crippen LogP contribution in [0.3, 0.4) is 0 Å². The van der Waals surface area contributed by atoms with E-state index in [9.17, 15) is 57.8 Å². The van der Waals surface area contributed by atoms with Crippen LogP contribution >= 0.6 is 21.6 Å². The highest BCUT2D eigenvalue weighted by molar-refractivity contribution is 8.76. The van der Waals surface area contributed by atoms with Gasteiger partial charge in [0.2, 0.25) is 65.0 Å². The second-order valence-electron chi connectivity index (χ2n) is 18.5. The number of nitrogens with one attached hydrogen (secondary N) is 7. The van der Waals surface area contributed by atoms with Gasteiger partial charge in [-0.05, 0) is 60.9 Å². The Kier molecular flexibility index (Phi) is 21.6. The van der Waals surface area contributed by atoms with Crippen LogP contribution in [0.4, 0.5) is 0 Å². The molecule has 2 aromatic carbocycles. The van der Waals surface area contributed by atoms with Gasteiger partial charge in [-0.25, -0.2) is 0 Å². The lowest BCUT2D eigenvalue weighted by Crippen LogP contribution is -2.66. The number of phenolic OH excluding ortho intramolecular Hbond substituents is 1. The normalized spacial score (nSPS) is 22.8. The lowest BCUT2D eigenvalue weighted by molar-refractivity contribution is -0.142. The van der Waals surface area contributed by atoms with Crippen LogP contribution in [-0.2, 0) is 72.0 Å². The maximum atomic E-state index is 14.8. The second kappa shape index (κ2) is 27.8.